The van der Waals surface area contributed by atoms with Crippen molar-refractivity contribution in [2.45, 2.75) is 0 Å². The number of hydrogen-bond acceptors (Lipinski definition) is 5. The average molecular weight is 302 g/mol. The second-order valence-electron chi connectivity index (χ2n) is 4.49. The fraction of sp³-hybridized carbons (Fsp3) is 0.214. The predicted octanol–water partition coefficient (Wildman–Crippen LogP) is 1.55. The standard InChI is InChI=1S/C14H14N4O2S/c1-21(19)7-6-20-13-5-3-2-4-11(13)12-9-18-10-16-15-8-14(18)17-12/h2-5,8-10H,6-7H2,1H3. The number of para-hydroxylation sites is 1. The molecule has 3 rings (SSSR count). The molecule has 0 fully saturated rings. The lowest BCUT2D eigenvalue weighted by atomic mass is 10.1. The Morgan fingerprint density at radius 3 is 2.95 bits per heavy atom. The molecule has 0 aliphatic heterocycles. The van der Waals surface area contributed by atoms with Crippen molar-refractivity contribution in [1.29, 1.82) is 0 Å². The van der Waals surface area contributed by atoms with Gasteiger partial charge in [-0.1, -0.05) is 12.1 Å². The molecule has 1 unspecified atom stereocenters. The van der Waals surface area contributed by atoms with Gasteiger partial charge in [-0.05, 0) is 12.1 Å². The van der Waals surface area contributed by atoms with Crippen LogP contribution in [0.1, 0.15) is 0 Å². The highest BCUT2D eigenvalue weighted by Gasteiger charge is 2.10. The third-order valence-electron chi connectivity index (χ3n) is 2.97. The fourth-order valence-corrected chi connectivity index (χ4v) is 2.29. The molecule has 0 aliphatic carbocycles. The van der Waals surface area contributed by atoms with E-state index in [0.29, 0.717) is 12.4 Å². The predicted molar refractivity (Wildman–Crippen MR) is 80.6 cm³/mol. The van der Waals surface area contributed by atoms with Crippen LogP contribution in [0.5, 0.6) is 5.75 Å². The van der Waals surface area contributed by atoms with Gasteiger partial charge in [-0.25, -0.2) is 4.98 Å². The van der Waals surface area contributed by atoms with Crippen LogP contribution in [-0.2, 0) is 10.8 Å². The van der Waals surface area contributed by atoms with Crippen LogP contribution < -0.4 is 4.74 Å². The van der Waals surface area contributed by atoms with Crippen molar-refractivity contribution in [2.75, 3.05) is 18.6 Å². The van der Waals surface area contributed by atoms with E-state index in [1.807, 2.05) is 30.5 Å². The van der Waals surface area contributed by atoms with Crippen molar-refractivity contribution >= 4 is 16.4 Å². The molecular formula is C14H14N4O2S. The van der Waals surface area contributed by atoms with Crippen molar-refractivity contribution in [2.24, 2.45) is 0 Å². The Labute approximate surface area is 124 Å². The van der Waals surface area contributed by atoms with Gasteiger partial charge < -0.3 is 4.74 Å². The fourth-order valence-electron chi connectivity index (χ4n) is 1.97. The van der Waals surface area contributed by atoms with Gasteiger partial charge in [0.15, 0.2) is 5.65 Å². The first-order valence-electron chi connectivity index (χ1n) is 6.41. The summed E-state index contributed by atoms with van der Waals surface area (Å²) >= 11 is 0. The first kappa shape index (κ1) is 13.7. The van der Waals surface area contributed by atoms with Crippen LogP contribution in [0.2, 0.25) is 0 Å². The number of imidazole rings is 1. The van der Waals surface area contributed by atoms with Crippen LogP contribution in [0.3, 0.4) is 0 Å². The van der Waals surface area contributed by atoms with E-state index >= 15 is 0 Å². The molecule has 0 N–H and O–H groups in total. The lowest BCUT2D eigenvalue weighted by Gasteiger charge is -2.09. The second-order valence-corrected chi connectivity index (χ2v) is 6.04. The molecule has 7 heteroatoms. The summed E-state index contributed by atoms with van der Waals surface area (Å²) in [5.74, 6) is 1.24. The van der Waals surface area contributed by atoms with Crippen molar-refractivity contribution < 1.29 is 8.95 Å². The maximum atomic E-state index is 11.1. The van der Waals surface area contributed by atoms with Gasteiger partial charge in [-0.3, -0.25) is 8.61 Å². The van der Waals surface area contributed by atoms with E-state index in [1.54, 1.807) is 23.2 Å². The Kier molecular flexibility index (Phi) is 3.92. The van der Waals surface area contributed by atoms with Gasteiger partial charge in [0, 0.05) is 28.8 Å². The summed E-state index contributed by atoms with van der Waals surface area (Å²) in [6.07, 6.45) is 6.75. The van der Waals surface area contributed by atoms with E-state index in [4.69, 9.17) is 4.74 Å². The maximum absolute atomic E-state index is 11.1. The number of fused-ring (bicyclic) bond motifs is 1. The smallest absolute Gasteiger partial charge is 0.159 e. The molecule has 6 nitrogen and oxygen atoms in total. The second kappa shape index (κ2) is 6.01. The number of rotatable bonds is 5. The molecule has 3 aromatic rings. The highest BCUT2D eigenvalue weighted by molar-refractivity contribution is 7.84. The molecule has 1 aromatic carbocycles. The van der Waals surface area contributed by atoms with Crippen LogP contribution in [0.15, 0.2) is 43.0 Å². The van der Waals surface area contributed by atoms with E-state index < -0.39 is 10.8 Å². The molecule has 2 aromatic heterocycles. The van der Waals surface area contributed by atoms with E-state index in [2.05, 4.69) is 15.2 Å². The van der Waals surface area contributed by atoms with Gasteiger partial charge >= 0.3 is 0 Å². The third-order valence-corrected chi connectivity index (χ3v) is 3.71. The van der Waals surface area contributed by atoms with Crippen LogP contribution in [0.4, 0.5) is 0 Å². The number of ether oxygens (including phenoxy) is 1. The minimum absolute atomic E-state index is 0.413. The molecule has 0 saturated heterocycles. The molecule has 21 heavy (non-hydrogen) atoms. The van der Waals surface area contributed by atoms with Crippen molar-refractivity contribution in [3.05, 3.63) is 43.0 Å². The summed E-state index contributed by atoms with van der Waals surface area (Å²) in [6.45, 7) is 0.413. The largest absolute Gasteiger partial charge is 0.492 e. The van der Waals surface area contributed by atoms with Crippen LogP contribution in [0, 0.1) is 0 Å². The summed E-state index contributed by atoms with van der Waals surface area (Å²) in [5.41, 5.74) is 2.41. The minimum Gasteiger partial charge on any atom is -0.492 e. The lowest BCUT2D eigenvalue weighted by Crippen LogP contribution is -2.07. The zero-order valence-electron chi connectivity index (χ0n) is 11.5. The highest BCUT2D eigenvalue weighted by atomic mass is 32.2. The van der Waals surface area contributed by atoms with Gasteiger partial charge in [0.2, 0.25) is 0 Å². The van der Waals surface area contributed by atoms with E-state index in [1.165, 1.54) is 0 Å². The normalized spacial score (nSPS) is 12.4. The summed E-state index contributed by atoms with van der Waals surface area (Å²) < 4.78 is 18.6. The number of aromatic nitrogens is 4. The van der Waals surface area contributed by atoms with Crippen LogP contribution >= 0.6 is 0 Å². The van der Waals surface area contributed by atoms with Gasteiger partial charge in [0.25, 0.3) is 0 Å². The van der Waals surface area contributed by atoms with Gasteiger partial charge in [0.1, 0.15) is 12.1 Å². The molecule has 0 radical (unpaired) electrons. The summed E-state index contributed by atoms with van der Waals surface area (Å²) in [4.78, 5) is 4.51. The van der Waals surface area contributed by atoms with Crippen molar-refractivity contribution in [3.8, 4) is 17.0 Å². The zero-order valence-corrected chi connectivity index (χ0v) is 12.3. The highest BCUT2D eigenvalue weighted by Crippen LogP contribution is 2.29. The molecule has 0 bridgehead atoms. The topological polar surface area (TPSA) is 69.4 Å². The quantitative estimate of drug-likeness (QED) is 0.715. The van der Waals surface area contributed by atoms with E-state index in [0.717, 1.165) is 22.7 Å². The molecule has 0 aliphatic rings. The summed E-state index contributed by atoms with van der Waals surface area (Å²) in [5, 5.41) is 7.63. The van der Waals surface area contributed by atoms with E-state index in [9.17, 15) is 4.21 Å². The molecule has 108 valence electrons. The monoisotopic (exact) mass is 302 g/mol. The minimum atomic E-state index is -0.864. The first-order valence-corrected chi connectivity index (χ1v) is 8.14. The molecule has 2 heterocycles. The van der Waals surface area contributed by atoms with Gasteiger partial charge in [-0.15, -0.1) is 5.10 Å². The molecule has 0 spiro atoms. The van der Waals surface area contributed by atoms with Gasteiger partial charge in [0.05, 0.1) is 24.3 Å². The van der Waals surface area contributed by atoms with E-state index in [-0.39, 0.29) is 0 Å². The van der Waals surface area contributed by atoms with Gasteiger partial charge in [-0.2, -0.15) is 5.10 Å². The molecule has 1 atom stereocenters. The first-order chi connectivity index (χ1) is 10.2. The Balaban J connectivity index is 1.92. The molecule has 0 amide bonds. The number of hydrogen-bond donors (Lipinski definition) is 0. The Hall–Kier alpha value is -2.28. The number of benzene rings is 1. The van der Waals surface area contributed by atoms with Crippen molar-refractivity contribution in [1.82, 2.24) is 19.6 Å². The molecular weight excluding hydrogens is 288 g/mol. The number of nitrogens with zero attached hydrogens (tertiary/aromatic N) is 4. The van der Waals surface area contributed by atoms with Crippen molar-refractivity contribution in [3.63, 3.8) is 0 Å². The van der Waals surface area contributed by atoms with Crippen LogP contribution in [0.25, 0.3) is 16.9 Å². The third kappa shape index (κ3) is 3.08. The maximum Gasteiger partial charge on any atom is 0.159 e. The Morgan fingerprint density at radius 2 is 2.14 bits per heavy atom. The Bertz CT molecular complexity index is 754. The average Bonchev–Trinajstić information content (AvgIpc) is 2.91. The SMILES string of the molecule is CS(=O)CCOc1ccccc1-c1cn2cnncc2n1. The Morgan fingerprint density at radius 1 is 1.29 bits per heavy atom. The zero-order chi connectivity index (χ0) is 14.7. The summed E-state index contributed by atoms with van der Waals surface area (Å²) in [7, 11) is -0.864. The van der Waals surface area contributed by atoms with Crippen LogP contribution in [-0.4, -0.2) is 42.4 Å². The molecule has 0 saturated carbocycles. The summed E-state index contributed by atoms with van der Waals surface area (Å²) in [6, 6.07) is 7.66. The lowest BCUT2D eigenvalue weighted by molar-refractivity contribution is 0.344.